The Labute approximate surface area is 114 Å². The van der Waals surface area contributed by atoms with Crippen LogP contribution in [0.25, 0.3) is 0 Å². The fourth-order valence-electron chi connectivity index (χ4n) is 3.83. The van der Waals surface area contributed by atoms with Crippen LogP contribution in [0.3, 0.4) is 0 Å². The average Bonchev–Trinajstić information content (AvgIpc) is 2.62. The maximum Gasteiger partial charge on any atom is 0.00952 e. The van der Waals surface area contributed by atoms with Gasteiger partial charge in [-0.05, 0) is 64.6 Å². The van der Waals surface area contributed by atoms with Gasteiger partial charge in [-0.15, -0.1) is 0 Å². The highest BCUT2D eigenvalue weighted by Crippen LogP contribution is 2.28. The molecule has 1 N–H and O–H groups in total. The first-order valence-corrected chi connectivity index (χ1v) is 8.24. The van der Waals surface area contributed by atoms with Crippen molar-refractivity contribution in [1.82, 2.24) is 10.2 Å². The molecule has 1 aliphatic heterocycles. The lowest BCUT2D eigenvalue weighted by atomic mass is 9.82. The molecule has 2 fully saturated rings. The molecule has 1 saturated carbocycles. The van der Waals surface area contributed by atoms with Crippen LogP contribution in [0, 0.1) is 5.92 Å². The third-order valence-corrected chi connectivity index (χ3v) is 5.06. The number of likely N-dealkylation sites (tertiary alicyclic amines) is 1. The Morgan fingerprint density at radius 2 is 1.78 bits per heavy atom. The van der Waals surface area contributed by atoms with E-state index in [-0.39, 0.29) is 0 Å². The molecule has 2 atom stereocenters. The Balaban J connectivity index is 1.81. The highest BCUT2D eigenvalue weighted by Gasteiger charge is 2.25. The first kappa shape index (κ1) is 14.3. The summed E-state index contributed by atoms with van der Waals surface area (Å²) in [7, 11) is 2.26. The quantitative estimate of drug-likeness (QED) is 0.825. The zero-order valence-corrected chi connectivity index (χ0v) is 12.5. The van der Waals surface area contributed by atoms with Crippen molar-refractivity contribution in [3.05, 3.63) is 0 Å². The van der Waals surface area contributed by atoms with Crippen molar-refractivity contribution in [3.8, 4) is 0 Å². The van der Waals surface area contributed by atoms with Crippen LogP contribution in [-0.2, 0) is 0 Å². The molecule has 1 aliphatic carbocycles. The van der Waals surface area contributed by atoms with E-state index in [9.17, 15) is 0 Å². The van der Waals surface area contributed by atoms with Crippen molar-refractivity contribution in [2.75, 3.05) is 20.1 Å². The highest BCUT2D eigenvalue weighted by atomic mass is 15.1. The molecule has 2 unspecified atom stereocenters. The Morgan fingerprint density at radius 3 is 2.50 bits per heavy atom. The van der Waals surface area contributed by atoms with Gasteiger partial charge in [0.05, 0.1) is 0 Å². The van der Waals surface area contributed by atoms with Crippen LogP contribution >= 0.6 is 0 Å². The largest absolute Gasteiger partial charge is 0.311 e. The molecule has 0 spiro atoms. The normalized spacial score (nSPS) is 30.0. The van der Waals surface area contributed by atoms with E-state index < -0.39 is 0 Å². The summed E-state index contributed by atoms with van der Waals surface area (Å²) < 4.78 is 0. The Kier molecular flexibility index (Phi) is 5.97. The topological polar surface area (TPSA) is 15.3 Å². The van der Waals surface area contributed by atoms with E-state index >= 15 is 0 Å². The summed E-state index contributed by atoms with van der Waals surface area (Å²) >= 11 is 0. The summed E-state index contributed by atoms with van der Waals surface area (Å²) in [5.74, 6) is 0.963. The molecule has 2 nitrogen and oxygen atoms in total. The van der Waals surface area contributed by atoms with E-state index in [1.807, 2.05) is 0 Å². The Bertz CT molecular complexity index is 223. The minimum Gasteiger partial charge on any atom is -0.311 e. The molecular weight excluding hydrogens is 220 g/mol. The Morgan fingerprint density at radius 1 is 1.00 bits per heavy atom. The molecule has 2 aliphatic rings. The van der Waals surface area contributed by atoms with Crippen LogP contribution in [0.4, 0.5) is 0 Å². The molecule has 18 heavy (non-hydrogen) atoms. The van der Waals surface area contributed by atoms with Crippen molar-refractivity contribution in [2.24, 2.45) is 5.92 Å². The van der Waals surface area contributed by atoms with Crippen molar-refractivity contribution in [3.63, 3.8) is 0 Å². The molecule has 0 radical (unpaired) electrons. The lowest BCUT2D eigenvalue weighted by Gasteiger charge is -2.33. The molecule has 1 saturated heterocycles. The zero-order chi connectivity index (χ0) is 12.8. The summed E-state index contributed by atoms with van der Waals surface area (Å²) in [5.41, 5.74) is 0. The summed E-state index contributed by atoms with van der Waals surface area (Å²) in [6, 6.07) is 1.57. The van der Waals surface area contributed by atoms with Gasteiger partial charge in [0, 0.05) is 12.1 Å². The second kappa shape index (κ2) is 7.49. The number of hydrogen-bond donors (Lipinski definition) is 1. The van der Waals surface area contributed by atoms with Gasteiger partial charge in [0.15, 0.2) is 0 Å². The van der Waals surface area contributed by atoms with Crippen LogP contribution in [-0.4, -0.2) is 37.1 Å². The molecule has 1 heterocycles. The number of rotatable bonds is 4. The maximum absolute atomic E-state index is 4.01. The predicted molar refractivity (Wildman–Crippen MR) is 78.9 cm³/mol. The first-order valence-electron chi connectivity index (χ1n) is 8.24. The van der Waals surface area contributed by atoms with Crippen LogP contribution < -0.4 is 5.32 Å². The molecule has 0 amide bonds. The van der Waals surface area contributed by atoms with E-state index in [1.54, 1.807) is 0 Å². The summed E-state index contributed by atoms with van der Waals surface area (Å²) in [5, 5.41) is 4.01. The molecule has 2 rings (SSSR count). The van der Waals surface area contributed by atoms with Gasteiger partial charge in [-0.1, -0.05) is 26.2 Å². The highest BCUT2D eigenvalue weighted by molar-refractivity contribution is 4.83. The van der Waals surface area contributed by atoms with Crippen molar-refractivity contribution in [1.29, 1.82) is 0 Å². The molecular formula is C16H32N2. The number of nitrogens with one attached hydrogen (secondary N) is 1. The second-order valence-electron chi connectivity index (χ2n) is 6.51. The van der Waals surface area contributed by atoms with Crippen LogP contribution in [0.2, 0.25) is 0 Å². The standard InChI is InChI=1S/C16H32N2/c1-3-16(14-8-5-4-6-9-14)17-15-10-7-12-18(2)13-11-15/h14-17H,3-13H2,1-2H3. The van der Waals surface area contributed by atoms with Gasteiger partial charge in [-0.3, -0.25) is 0 Å². The average molecular weight is 252 g/mol. The minimum absolute atomic E-state index is 0.779. The number of nitrogens with zero attached hydrogens (tertiary/aromatic N) is 1. The van der Waals surface area contributed by atoms with E-state index in [0.717, 1.165) is 18.0 Å². The van der Waals surface area contributed by atoms with Crippen LogP contribution in [0.5, 0.6) is 0 Å². The van der Waals surface area contributed by atoms with E-state index in [1.165, 1.54) is 70.9 Å². The molecule has 0 aromatic carbocycles. The molecule has 0 aromatic heterocycles. The smallest absolute Gasteiger partial charge is 0.00952 e. The molecule has 2 heteroatoms. The van der Waals surface area contributed by atoms with E-state index in [2.05, 4.69) is 24.2 Å². The maximum atomic E-state index is 4.01. The van der Waals surface area contributed by atoms with E-state index in [0.29, 0.717) is 0 Å². The SMILES string of the molecule is CCC(NC1CCCN(C)CC1)C1CCCCC1. The summed E-state index contributed by atoms with van der Waals surface area (Å²) in [6.45, 7) is 4.94. The second-order valence-corrected chi connectivity index (χ2v) is 6.51. The van der Waals surface area contributed by atoms with Crippen LogP contribution in [0.15, 0.2) is 0 Å². The van der Waals surface area contributed by atoms with Crippen LogP contribution in [0.1, 0.15) is 64.7 Å². The summed E-state index contributed by atoms with van der Waals surface area (Å²) in [6.07, 6.45) is 12.8. The monoisotopic (exact) mass is 252 g/mol. The van der Waals surface area contributed by atoms with Gasteiger partial charge in [-0.25, -0.2) is 0 Å². The molecule has 106 valence electrons. The first-order chi connectivity index (χ1) is 8.79. The predicted octanol–water partition coefficient (Wildman–Crippen LogP) is 3.42. The van der Waals surface area contributed by atoms with Gasteiger partial charge in [0.1, 0.15) is 0 Å². The Hall–Kier alpha value is -0.0800. The van der Waals surface area contributed by atoms with Gasteiger partial charge in [0.2, 0.25) is 0 Å². The lowest BCUT2D eigenvalue weighted by molar-refractivity contribution is 0.238. The van der Waals surface area contributed by atoms with E-state index in [4.69, 9.17) is 0 Å². The third kappa shape index (κ3) is 4.24. The fraction of sp³-hybridized carbons (Fsp3) is 1.00. The fourth-order valence-corrected chi connectivity index (χ4v) is 3.83. The third-order valence-electron chi connectivity index (χ3n) is 5.06. The summed E-state index contributed by atoms with van der Waals surface area (Å²) in [4.78, 5) is 2.49. The molecule has 0 bridgehead atoms. The molecule has 0 aromatic rings. The van der Waals surface area contributed by atoms with Crippen molar-refractivity contribution in [2.45, 2.75) is 76.8 Å². The van der Waals surface area contributed by atoms with Gasteiger partial charge in [-0.2, -0.15) is 0 Å². The zero-order valence-electron chi connectivity index (χ0n) is 12.5. The van der Waals surface area contributed by atoms with Crippen molar-refractivity contribution < 1.29 is 0 Å². The lowest BCUT2D eigenvalue weighted by Crippen LogP contribution is -2.43. The minimum atomic E-state index is 0.779. The number of hydrogen-bond acceptors (Lipinski definition) is 2. The van der Waals surface area contributed by atoms with Gasteiger partial charge < -0.3 is 10.2 Å². The van der Waals surface area contributed by atoms with Gasteiger partial charge in [0.25, 0.3) is 0 Å². The van der Waals surface area contributed by atoms with Gasteiger partial charge >= 0.3 is 0 Å². The van der Waals surface area contributed by atoms with Crippen molar-refractivity contribution >= 4 is 0 Å².